The number of anilines is 1. The number of amides is 1. The summed E-state index contributed by atoms with van der Waals surface area (Å²) in [6.07, 6.45) is 0. The van der Waals surface area contributed by atoms with E-state index in [0.717, 1.165) is 20.1 Å². The predicted molar refractivity (Wildman–Crippen MR) is 70.0 cm³/mol. The Balaban J connectivity index is 3.60. The number of carbonyl (C=O) groups excluding carboxylic acids is 3. The molecule has 9 nitrogen and oxygen atoms in total. The summed E-state index contributed by atoms with van der Waals surface area (Å²) in [4.78, 5) is 44.0. The zero-order chi connectivity index (χ0) is 16.2. The molecule has 112 valence electrons. The van der Waals surface area contributed by atoms with Crippen molar-refractivity contribution in [2.75, 3.05) is 12.4 Å². The lowest BCUT2D eigenvalue weighted by Gasteiger charge is -2.11. The van der Waals surface area contributed by atoms with Gasteiger partial charge in [0, 0.05) is 13.8 Å². The summed E-state index contributed by atoms with van der Waals surface area (Å²) in [5.41, 5.74) is -1.26. The first-order valence-corrected chi connectivity index (χ1v) is 5.63. The van der Waals surface area contributed by atoms with Crippen molar-refractivity contribution in [2.45, 2.75) is 13.8 Å². The summed E-state index contributed by atoms with van der Waals surface area (Å²) in [6.45, 7) is 2.21. The molecule has 1 amide bonds. The second-order valence-corrected chi connectivity index (χ2v) is 3.86. The van der Waals surface area contributed by atoms with E-state index >= 15 is 0 Å². The highest BCUT2D eigenvalue weighted by molar-refractivity contribution is 5.99. The third-order valence-electron chi connectivity index (χ3n) is 2.28. The third-order valence-corrected chi connectivity index (χ3v) is 2.28. The number of ether oxygens (including phenoxy) is 2. The average Bonchev–Trinajstić information content (AvgIpc) is 2.37. The minimum atomic E-state index is -0.968. The molecule has 0 heterocycles. The van der Waals surface area contributed by atoms with E-state index < -0.39 is 39.8 Å². The molecule has 0 bridgehead atoms. The van der Waals surface area contributed by atoms with Crippen LogP contribution in [0.15, 0.2) is 12.1 Å². The van der Waals surface area contributed by atoms with Gasteiger partial charge in [0.15, 0.2) is 0 Å². The minimum absolute atomic E-state index is 0.1000. The second-order valence-electron chi connectivity index (χ2n) is 3.86. The zero-order valence-corrected chi connectivity index (χ0v) is 11.5. The molecule has 0 atom stereocenters. The quantitative estimate of drug-likeness (QED) is 0.383. The Bertz CT molecular complexity index is 624. The summed E-state index contributed by atoms with van der Waals surface area (Å²) >= 11 is 0. The number of benzene rings is 1. The minimum Gasteiger partial charge on any atom is -0.465 e. The van der Waals surface area contributed by atoms with Gasteiger partial charge in [0.1, 0.15) is 5.56 Å². The molecule has 0 spiro atoms. The van der Waals surface area contributed by atoms with Gasteiger partial charge in [-0.3, -0.25) is 19.7 Å². The summed E-state index contributed by atoms with van der Waals surface area (Å²) < 4.78 is 9.21. The van der Waals surface area contributed by atoms with Gasteiger partial charge < -0.3 is 14.8 Å². The van der Waals surface area contributed by atoms with Crippen LogP contribution in [-0.4, -0.2) is 29.9 Å². The number of nitro benzene ring substituents is 1. The second kappa shape index (κ2) is 6.46. The molecule has 0 saturated carbocycles. The molecule has 0 unspecified atom stereocenters. The number of methoxy groups -OCH3 is 1. The van der Waals surface area contributed by atoms with Crippen molar-refractivity contribution >= 4 is 29.2 Å². The van der Waals surface area contributed by atoms with Crippen molar-refractivity contribution in [3.8, 4) is 5.75 Å². The van der Waals surface area contributed by atoms with E-state index in [1.165, 1.54) is 13.0 Å². The van der Waals surface area contributed by atoms with E-state index in [0.29, 0.717) is 0 Å². The first-order valence-electron chi connectivity index (χ1n) is 5.63. The van der Waals surface area contributed by atoms with Gasteiger partial charge in [-0.1, -0.05) is 0 Å². The Morgan fingerprint density at radius 2 is 1.86 bits per heavy atom. The average molecular weight is 296 g/mol. The maximum absolute atomic E-state index is 11.6. The van der Waals surface area contributed by atoms with Crippen LogP contribution in [0.5, 0.6) is 5.75 Å². The monoisotopic (exact) mass is 296 g/mol. The smallest absolute Gasteiger partial charge is 0.345 e. The van der Waals surface area contributed by atoms with E-state index in [-0.39, 0.29) is 5.69 Å². The zero-order valence-electron chi connectivity index (χ0n) is 11.5. The summed E-state index contributed by atoms with van der Waals surface area (Å²) in [5.74, 6) is -2.86. The van der Waals surface area contributed by atoms with E-state index in [4.69, 9.17) is 4.74 Å². The van der Waals surface area contributed by atoms with Gasteiger partial charge in [-0.25, -0.2) is 4.79 Å². The number of nitrogens with one attached hydrogen (secondary N) is 1. The van der Waals surface area contributed by atoms with Crippen LogP contribution in [-0.2, 0) is 14.3 Å². The Kier molecular flexibility index (Phi) is 4.95. The maximum Gasteiger partial charge on any atom is 0.345 e. The van der Waals surface area contributed by atoms with Crippen molar-refractivity contribution in [1.82, 2.24) is 0 Å². The molecule has 1 rings (SSSR count). The Morgan fingerprint density at radius 3 is 2.29 bits per heavy atom. The standard InChI is InChI=1S/C12H12N2O7/c1-6(15)13-9-5-4-8(12(17)20-3)10(14(18)19)11(9)21-7(2)16/h4-5H,1-3H3,(H,13,15). The van der Waals surface area contributed by atoms with Gasteiger partial charge in [-0.05, 0) is 12.1 Å². The highest BCUT2D eigenvalue weighted by Gasteiger charge is 2.30. The SMILES string of the molecule is COC(=O)c1ccc(NC(C)=O)c(OC(C)=O)c1[N+](=O)[O-]. The number of nitro groups is 1. The van der Waals surface area contributed by atoms with E-state index in [2.05, 4.69) is 10.1 Å². The van der Waals surface area contributed by atoms with E-state index in [1.807, 2.05) is 0 Å². The van der Waals surface area contributed by atoms with Gasteiger partial charge in [-0.2, -0.15) is 0 Å². The summed E-state index contributed by atoms with van der Waals surface area (Å²) in [7, 11) is 1.05. The molecule has 0 saturated heterocycles. The van der Waals surface area contributed by atoms with Crippen LogP contribution < -0.4 is 10.1 Å². The molecule has 21 heavy (non-hydrogen) atoms. The van der Waals surface area contributed by atoms with E-state index in [1.54, 1.807) is 0 Å². The molecule has 1 aromatic rings. The number of rotatable bonds is 4. The van der Waals surface area contributed by atoms with Crippen LogP contribution in [0.25, 0.3) is 0 Å². The van der Waals surface area contributed by atoms with Gasteiger partial charge in [0.25, 0.3) is 0 Å². The molecule has 0 aliphatic carbocycles. The van der Waals surface area contributed by atoms with Gasteiger partial charge in [-0.15, -0.1) is 0 Å². The van der Waals surface area contributed by atoms with Crippen molar-refractivity contribution in [1.29, 1.82) is 0 Å². The van der Waals surface area contributed by atoms with Crippen molar-refractivity contribution < 1.29 is 28.8 Å². The van der Waals surface area contributed by atoms with Crippen LogP contribution in [0.2, 0.25) is 0 Å². The van der Waals surface area contributed by atoms with Crippen molar-refractivity contribution in [3.05, 3.63) is 27.8 Å². The first-order chi connectivity index (χ1) is 9.77. The van der Waals surface area contributed by atoms with Crippen LogP contribution in [0, 0.1) is 10.1 Å². The fraction of sp³-hybridized carbons (Fsp3) is 0.250. The van der Waals surface area contributed by atoms with E-state index in [9.17, 15) is 24.5 Å². The molecular weight excluding hydrogens is 284 g/mol. The van der Waals surface area contributed by atoms with Crippen LogP contribution in [0.4, 0.5) is 11.4 Å². The normalized spacial score (nSPS) is 9.67. The molecular formula is C12H12N2O7. The van der Waals surface area contributed by atoms with Crippen LogP contribution in [0.3, 0.4) is 0 Å². The molecule has 1 N–H and O–H groups in total. The highest BCUT2D eigenvalue weighted by Crippen LogP contribution is 2.38. The third kappa shape index (κ3) is 3.75. The fourth-order valence-corrected chi connectivity index (χ4v) is 1.56. The first kappa shape index (κ1) is 16.1. The van der Waals surface area contributed by atoms with Gasteiger partial charge in [0.2, 0.25) is 11.7 Å². The van der Waals surface area contributed by atoms with Crippen LogP contribution in [0.1, 0.15) is 24.2 Å². The Labute approximate surface area is 119 Å². The molecule has 0 fully saturated rings. The summed E-state index contributed by atoms with van der Waals surface area (Å²) in [6, 6.07) is 2.31. The lowest BCUT2D eigenvalue weighted by atomic mass is 10.1. The largest absolute Gasteiger partial charge is 0.465 e. The molecule has 9 heteroatoms. The number of hydrogen-bond donors (Lipinski definition) is 1. The molecule has 0 aliphatic heterocycles. The van der Waals surface area contributed by atoms with Gasteiger partial charge in [0.05, 0.1) is 17.7 Å². The Morgan fingerprint density at radius 1 is 1.24 bits per heavy atom. The van der Waals surface area contributed by atoms with Crippen molar-refractivity contribution in [2.24, 2.45) is 0 Å². The lowest BCUT2D eigenvalue weighted by Crippen LogP contribution is -2.14. The number of esters is 2. The van der Waals surface area contributed by atoms with Gasteiger partial charge >= 0.3 is 17.6 Å². The topological polar surface area (TPSA) is 125 Å². The number of nitrogens with zero attached hydrogens (tertiary/aromatic N) is 1. The number of hydrogen-bond acceptors (Lipinski definition) is 7. The molecule has 0 aliphatic rings. The predicted octanol–water partition coefficient (Wildman–Crippen LogP) is 1.27. The highest BCUT2D eigenvalue weighted by atomic mass is 16.6. The Hall–Kier alpha value is -2.97. The van der Waals surface area contributed by atoms with Crippen LogP contribution >= 0.6 is 0 Å². The molecule has 0 aromatic heterocycles. The fourth-order valence-electron chi connectivity index (χ4n) is 1.56. The maximum atomic E-state index is 11.6. The molecule has 1 aromatic carbocycles. The number of carbonyl (C=O) groups is 3. The summed E-state index contributed by atoms with van der Waals surface area (Å²) in [5, 5.41) is 13.5. The van der Waals surface area contributed by atoms with Crippen molar-refractivity contribution in [3.63, 3.8) is 0 Å². The molecule has 0 radical (unpaired) electrons. The lowest BCUT2D eigenvalue weighted by molar-refractivity contribution is -0.385.